The van der Waals surface area contributed by atoms with E-state index in [1.165, 1.54) is 4.88 Å². The maximum absolute atomic E-state index is 12.7. The molecule has 3 aromatic rings. The monoisotopic (exact) mass is 416 g/mol. The summed E-state index contributed by atoms with van der Waals surface area (Å²) in [7, 11) is 0. The second-order valence-corrected chi connectivity index (χ2v) is 8.59. The third kappa shape index (κ3) is 3.54. The topological polar surface area (TPSA) is 75.2 Å². The zero-order valence-electron chi connectivity index (χ0n) is 15.7. The highest BCUT2D eigenvalue weighted by molar-refractivity contribution is 7.18. The zero-order chi connectivity index (χ0) is 19.8. The number of aromatic nitrogens is 2. The van der Waals surface area contributed by atoms with E-state index in [1.54, 1.807) is 35.6 Å². The largest absolute Gasteiger partial charge is 0.504 e. The molecule has 1 atom stereocenters. The average Bonchev–Trinajstić information content (AvgIpc) is 3.02. The number of ether oxygens (including phenoxy) is 1. The fourth-order valence-electron chi connectivity index (χ4n) is 3.57. The van der Waals surface area contributed by atoms with Crippen LogP contribution >= 0.6 is 22.9 Å². The molecule has 1 aliphatic rings. The van der Waals surface area contributed by atoms with E-state index in [-0.39, 0.29) is 11.3 Å². The molecule has 0 amide bonds. The summed E-state index contributed by atoms with van der Waals surface area (Å²) in [6.07, 6.45) is 4.73. The lowest BCUT2D eigenvalue weighted by atomic mass is 9.89. The standard InChI is InChI=1S/C21H21ClN2O3S/c1-3-27-16-10-12(5-7-15(16)25)9-14(22)19-23-20(26)18-13-6-4-11(2)8-17(13)28-21(18)24-19/h5,7,9-11,25H,3-4,6,8H2,1-2H3,(H,23,24,26)/b14-9-/t11-/m1/s1. The number of hydrogen-bond acceptors (Lipinski definition) is 5. The van der Waals surface area contributed by atoms with E-state index >= 15 is 0 Å². The van der Waals surface area contributed by atoms with Gasteiger partial charge in [-0.05, 0) is 61.4 Å². The number of benzene rings is 1. The van der Waals surface area contributed by atoms with E-state index in [1.807, 2.05) is 6.92 Å². The predicted molar refractivity (Wildman–Crippen MR) is 114 cm³/mol. The molecule has 0 unspecified atom stereocenters. The van der Waals surface area contributed by atoms with E-state index in [9.17, 15) is 9.90 Å². The Kier molecular flexibility index (Phi) is 5.17. The summed E-state index contributed by atoms with van der Waals surface area (Å²) in [5.41, 5.74) is 1.76. The number of aryl methyl sites for hydroxylation is 1. The van der Waals surface area contributed by atoms with Crippen LogP contribution in [-0.2, 0) is 12.8 Å². The van der Waals surface area contributed by atoms with Crippen molar-refractivity contribution in [2.24, 2.45) is 5.92 Å². The molecule has 0 bridgehead atoms. The van der Waals surface area contributed by atoms with Gasteiger partial charge in [-0.1, -0.05) is 24.6 Å². The number of fused-ring (bicyclic) bond motifs is 3. The summed E-state index contributed by atoms with van der Waals surface area (Å²) < 4.78 is 5.40. The smallest absolute Gasteiger partial charge is 0.260 e. The molecule has 4 rings (SSSR count). The van der Waals surface area contributed by atoms with Crippen molar-refractivity contribution in [2.75, 3.05) is 6.61 Å². The van der Waals surface area contributed by atoms with E-state index in [0.717, 1.165) is 35.2 Å². The maximum Gasteiger partial charge on any atom is 0.260 e. The number of phenolic OH excluding ortho intramolecular Hbond substituents is 1. The molecule has 146 valence electrons. The number of nitrogens with zero attached hydrogens (tertiary/aromatic N) is 1. The predicted octanol–water partition coefficient (Wildman–Crippen LogP) is 4.95. The van der Waals surface area contributed by atoms with Gasteiger partial charge in [-0.15, -0.1) is 11.3 Å². The molecule has 0 radical (unpaired) electrons. The SMILES string of the molecule is CCOc1cc(/C=C(\Cl)c2nc3sc4c(c3c(=O)[nH]2)CC[C@@H](C)C4)ccc1O. The van der Waals surface area contributed by atoms with Crippen LogP contribution in [0.25, 0.3) is 21.3 Å². The Morgan fingerprint density at radius 3 is 3.11 bits per heavy atom. The van der Waals surface area contributed by atoms with Gasteiger partial charge < -0.3 is 14.8 Å². The summed E-state index contributed by atoms with van der Waals surface area (Å²) in [6.45, 7) is 4.53. The van der Waals surface area contributed by atoms with Crippen LogP contribution in [0.1, 0.15) is 42.1 Å². The second kappa shape index (κ2) is 7.60. The quantitative estimate of drug-likeness (QED) is 0.630. The first-order valence-corrected chi connectivity index (χ1v) is 10.5. The van der Waals surface area contributed by atoms with Crippen LogP contribution in [0.3, 0.4) is 0 Å². The minimum Gasteiger partial charge on any atom is -0.504 e. The van der Waals surface area contributed by atoms with Gasteiger partial charge in [0.2, 0.25) is 0 Å². The van der Waals surface area contributed by atoms with Crippen molar-refractivity contribution in [3.8, 4) is 11.5 Å². The van der Waals surface area contributed by atoms with E-state index < -0.39 is 0 Å². The zero-order valence-corrected chi connectivity index (χ0v) is 17.3. The van der Waals surface area contributed by atoms with Crippen molar-refractivity contribution in [1.29, 1.82) is 0 Å². The van der Waals surface area contributed by atoms with Gasteiger partial charge in [-0.2, -0.15) is 0 Å². The van der Waals surface area contributed by atoms with Crippen LogP contribution in [0.4, 0.5) is 0 Å². The van der Waals surface area contributed by atoms with Crippen molar-refractivity contribution in [3.63, 3.8) is 0 Å². The molecule has 2 N–H and O–H groups in total. The average molecular weight is 417 g/mol. The highest BCUT2D eigenvalue weighted by atomic mass is 35.5. The van der Waals surface area contributed by atoms with Gasteiger partial charge in [0.05, 0.1) is 17.0 Å². The number of halogens is 1. The van der Waals surface area contributed by atoms with Crippen LogP contribution in [0.15, 0.2) is 23.0 Å². The van der Waals surface area contributed by atoms with Crippen molar-refractivity contribution in [1.82, 2.24) is 9.97 Å². The van der Waals surface area contributed by atoms with Crippen LogP contribution < -0.4 is 10.3 Å². The number of rotatable bonds is 4. The molecule has 2 aromatic heterocycles. The van der Waals surface area contributed by atoms with Crippen LogP contribution in [-0.4, -0.2) is 21.7 Å². The molecule has 0 spiro atoms. The van der Waals surface area contributed by atoms with Gasteiger partial charge in [0, 0.05) is 4.88 Å². The minimum absolute atomic E-state index is 0.0708. The van der Waals surface area contributed by atoms with Gasteiger partial charge in [0.25, 0.3) is 5.56 Å². The molecular weight excluding hydrogens is 396 g/mol. The van der Waals surface area contributed by atoms with E-state index in [4.69, 9.17) is 16.3 Å². The first-order chi connectivity index (χ1) is 13.5. The van der Waals surface area contributed by atoms with E-state index in [0.29, 0.717) is 34.5 Å². The third-order valence-corrected chi connectivity index (χ3v) is 6.41. The maximum atomic E-state index is 12.7. The Morgan fingerprint density at radius 2 is 2.32 bits per heavy atom. The number of H-pyrrole nitrogens is 1. The first-order valence-electron chi connectivity index (χ1n) is 9.34. The molecule has 5 nitrogen and oxygen atoms in total. The van der Waals surface area contributed by atoms with Gasteiger partial charge in [-0.3, -0.25) is 4.79 Å². The van der Waals surface area contributed by atoms with Crippen LogP contribution in [0, 0.1) is 5.92 Å². The third-order valence-electron chi connectivity index (χ3n) is 4.97. The lowest BCUT2D eigenvalue weighted by molar-refractivity contribution is 0.318. The molecule has 1 aromatic carbocycles. The molecular formula is C21H21ClN2O3S. The van der Waals surface area contributed by atoms with Gasteiger partial charge >= 0.3 is 0 Å². The molecule has 1 aliphatic carbocycles. The molecule has 0 aliphatic heterocycles. The fraction of sp³-hybridized carbons (Fsp3) is 0.333. The number of hydrogen-bond donors (Lipinski definition) is 2. The summed E-state index contributed by atoms with van der Waals surface area (Å²) in [6, 6.07) is 4.97. The van der Waals surface area contributed by atoms with Crippen molar-refractivity contribution >= 4 is 44.3 Å². The van der Waals surface area contributed by atoms with Gasteiger partial charge in [0.15, 0.2) is 17.3 Å². The van der Waals surface area contributed by atoms with Gasteiger partial charge in [-0.25, -0.2) is 4.98 Å². The Morgan fingerprint density at radius 1 is 1.50 bits per heavy atom. The molecule has 0 fully saturated rings. The molecule has 2 heterocycles. The number of thiophene rings is 1. The number of nitrogens with one attached hydrogen (secondary N) is 1. The van der Waals surface area contributed by atoms with Crippen molar-refractivity contribution in [2.45, 2.75) is 33.1 Å². The van der Waals surface area contributed by atoms with Crippen LogP contribution in [0.5, 0.6) is 11.5 Å². The normalized spacial score (nSPS) is 17.0. The summed E-state index contributed by atoms with van der Waals surface area (Å²) in [5.74, 6) is 1.44. The summed E-state index contributed by atoms with van der Waals surface area (Å²) in [4.78, 5) is 22.2. The van der Waals surface area contributed by atoms with Gasteiger partial charge in [0.1, 0.15) is 4.83 Å². The van der Waals surface area contributed by atoms with Crippen molar-refractivity contribution in [3.05, 3.63) is 50.4 Å². The Labute approximate surface area is 171 Å². The second-order valence-electron chi connectivity index (χ2n) is 7.10. The molecule has 0 saturated carbocycles. The fourth-order valence-corrected chi connectivity index (χ4v) is 5.17. The highest BCUT2D eigenvalue weighted by Crippen LogP contribution is 2.36. The van der Waals surface area contributed by atoms with Crippen LogP contribution in [0.2, 0.25) is 0 Å². The Hall–Kier alpha value is -2.31. The molecule has 28 heavy (non-hydrogen) atoms. The highest BCUT2D eigenvalue weighted by Gasteiger charge is 2.23. The van der Waals surface area contributed by atoms with E-state index in [2.05, 4.69) is 16.9 Å². The lowest BCUT2D eigenvalue weighted by Crippen LogP contribution is -2.14. The molecule has 7 heteroatoms. The summed E-state index contributed by atoms with van der Waals surface area (Å²) in [5, 5.41) is 10.9. The van der Waals surface area contributed by atoms with Crippen molar-refractivity contribution < 1.29 is 9.84 Å². The Balaban J connectivity index is 1.74. The minimum atomic E-state index is -0.140. The number of aromatic amines is 1. The number of aromatic hydroxyl groups is 1. The lowest BCUT2D eigenvalue weighted by Gasteiger charge is -2.17. The Bertz CT molecular complexity index is 1130. The first kappa shape index (κ1) is 19.0. The number of phenols is 1. The summed E-state index contributed by atoms with van der Waals surface area (Å²) >= 11 is 8.06. The molecule has 0 saturated heterocycles.